The van der Waals surface area contributed by atoms with Gasteiger partial charge in [-0.2, -0.15) is 0 Å². The fraction of sp³-hybridized carbons (Fsp3) is 0.0833. The Balaban J connectivity index is 1.55. The lowest BCUT2D eigenvalue weighted by molar-refractivity contribution is -0.110. The van der Waals surface area contributed by atoms with E-state index in [-0.39, 0.29) is 11.5 Å². The minimum atomic E-state index is -1.00. The number of benzene rings is 1. The molecule has 8 heteroatoms. The molecule has 0 bridgehead atoms. The van der Waals surface area contributed by atoms with Crippen molar-refractivity contribution in [3.63, 3.8) is 0 Å². The van der Waals surface area contributed by atoms with Gasteiger partial charge in [0.25, 0.3) is 5.91 Å². The van der Waals surface area contributed by atoms with E-state index in [0.29, 0.717) is 39.6 Å². The molecule has 0 saturated carbocycles. The minimum Gasteiger partial charge on any atom is -0.478 e. The maximum Gasteiger partial charge on any atom is 0.337 e. The molecule has 0 saturated heterocycles. The van der Waals surface area contributed by atoms with Crippen LogP contribution >= 0.6 is 11.3 Å². The van der Waals surface area contributed by atoms with Crippen LogP contribution in [0.25, 0.3) is 33.6 Å². The molecule has 4 aromatic rings. The van der Waals surface area contributed by atoms with Crippen molar-refractivity contribution in [3.05, 3.63) is 76.1 Å². The highest BCUT2D eigenvalue weighted by molar-refractivity contribution is 7.13. The maximum atomic E-state index is 12.6. The van der Waals surface area contributed by atoms with E-state index in [1.807, 2.05) is 47.8 Å². The van der Waals surface area contributed by atoms with Crippen LogP contribution in [0, 0.1) is 13.8 Å². The number of H-pyrrole nitrogens is 1. The number of thiazole rings is 1. The third-order valence-corrected chi connectivity index (χ3v) is 6.30. The van der Waals surface area contributed by atoms with Gasteiger partial charge in [-0.15, -0.1) is 11.3 Å². The van der Waals surface area contributed by atoms with E-state index < -0.39 is 5.97 Å². The summed E-state index contributed by atoms with van der Waals surface area (Å²) in [6.45, 7) is 3.42. The van der Waals surface area contributed by atoms with Crippen LogP contribution in [0.15, 0.2) is 47.8 Å². The molecule has 1 aromatic carbocycles. The maximum absolute atomic E-state index is 12.6. The standard InChI is InChI=1S/C24H18N4O3S/c1-12-18(25-13(2)20(12)24(30)31)10-15-21-17(27-22(15)29)9-8-16(26-21)19-11-32-23(28-19)14-6-4-3-5-7-14/h3-11,25H,1-2H3,(H,27,29)(H,30,31). The summed E-state index contributed by atoms with van der Waals surface area (Å²) in [6, 6.07) is 13.6. The zero-order chi connectivity index (χ0) is 22.4. The number of hydrogen-bond donors (Lipinski definition) is 3. The molecule has 32 heavy (non-hydrogen) atoms. The smallest absolute Gasteiger partial charge is 0.337 e. The van der Waals surface area contributed by atoms with Gasteiger partial charge in [-0.1, -0.05) is 30.3 Å². The molecular weight excluding hydrogens is 424 g/mol. The zero-order valence-electron chi connectivity index (χ0n) is 17.3. The van der Waals surface area contributed by atoms with Gasteiger partial charge in [-0.05, 0) is 37.6 Å². The molecule has 7 nitrogen and oxygen atoms in total. The number of aromatic nitrogens is 3. The second-order valence-corrected chi connectivity index (χ2v) is 8.34. The average molecular weight is 443 g/mol. The Hall–Kier alpha value is -4.04. The molecule has 0 radical (unpaired) electrons. The fourth-order valence-corrected chi connectivity index (χ4v) is 4.65. The summed E-state index contributed by atoms with van der Waals surface area (Å²) in [7, 11) is 0. The topological polar surface area (TPSA) is 108 Å². The lowest BCUT2D eigenvalue weighted by Crippen LogP contribution is -2.03. The van der Waals surface area contributed by atoms with Crippen LogP contribution in [0.1, 0.15) is 33.0 Å². The van der Waals surface area contributed by atoms with Crippen molar-refractivity contribution < 1.29 is 14.7 Å². The molecule has 3 N–H and O–H groups in total. The van der Waals surface area contributed by atoms with Crippen LogP contribution in [0.5, 0.6) is 0 Å². The second kappa shape index (κ2) is 7.58. The van der Waals surface area contributed by atoms with E-state index in [2.05, 4.69) is 10.3 Å². The number of carbonyl (C=O) groups excluding carboxylic acids is 1. The summed E-state index contributed by atoms with van der Waals surface area (Å²) >= 11 is 1.53. The van der Waals surface area contributed by atoms with Gasteiger partial charge in [-0.25, -0.2) is 14.8 Å². The van der Waals surface area contributed by atoms with Crippen molar-refractivity contribution in [2.75, 3.05) is 5.32 Å². The summed E-state index contributed by atoms with van der Waals surface area (Å²) in [5.41, 5.74) is 5.85. The van der Waals surface area contributed by atoms with E-state index >= 15 is 0 Å². The van der Waals surface area contributed by atoms with Crippen LogP contribution in [-0.2, 0) is 4.79 Å². The monoisotopic (exact) mass is 442 g/mol. The quantitative estimate of drug-likeness (QED) is 0.385. The molecule has 1 aliphatic rings. The molecule has 3 aromatic heterocycles. The van der Waals surface area contributed by atoms with E-state index in [1.165, 1.54) is 11.3 Å². The van der Waals surface area contributed by atoms with Crippen molar-refractivity contribution >= 4 is 40.5 Å². The molecule has 0 atom stereocenters. The van der Waals surface area contributed by atoms with Gasteiger partial charge < -0.3 is 15.4 Å². The van der Waals surface area contributed by atoms with Gasteiger partial charge in [-0.3, -0.25) is 4.79 Å². The number of aromatic carboxylic acids is 1. The molecule has 0 spiro atoms. The minimum absolute atomic E-state index is 0.216. The molecule has 4 heterocycles. The first-order valence-electron chi connectivity index (χ1n) is 9.90. The summed E-state index contributed by atoms with van der Waals surface area (Å²) in [5, 5.41) is 15.1. The third kappa shape index (κ3) is 3.30. The number of carboxylic acids is 1. The number of fused-ring (bicyclic) bond motifs is 1. The Bertz CT molecular complexity index is 1420. The molecular formula is C24H18N4O3S. The molecule has 5 rings (SSSR count). The average Bonchev–Trinajstić information content (AvgIpc) is 3.45. The van der Waals surface area contributed by atoms with Gasteiger partial charge in [0.2, 0.25) is 0 Å². The molecule has 1 aliphatic heterocycles. The normalized spacial score (nSPS) is 13.9. The summed E-state index contributed by atoms with van der Waals surface area (Å²) < 4.78 is 0. The zero-order valence-corrected chi connectivity index (χ0v) is 18.1. The highest BCUT2D eigenvalue weighted by Gasteiger charge is 2.28. The van der Waals surface area contributed by atoms with Gasteiger partial charge in [0.1, 0.15) is 16.4 Å². The van der Waals surface area contributed by atoms with E-state index in [0.717, 1.165) is 16.3 Å². The van der Waals surface area contributed by atoms with E-state index in [9.17, 15) is 14.7 Å². The van der Waals surface area contributed by atoms with Crippen molar-refractivity contribution in [2.24, 2.45) is 0 Å². The Morgan fingerprint density at radius 3 is 2.56 bits per heavy atom. The van der Waals surface area contributed by atoms with Gasteiger partial charge in [0.05, 0.1) is 22.5 Å². The molecule has 0 fully saturated rings. The Morgan fingerprint density at radius 2 is 1.84 bits per heavy atom. The first kappa shape index (κ1) is 19.9. The van der Waals surface area contributed by atoms with Crippen LogP contribution in [0.3, 0.4) is 0 Å². The first-order valence-corrected chi connectivity index (χ1v) is 10.8. The molecule has 1 amide bonds. The van der Waals surface area contributed by atoms with Crippen molar-refractivity contribution in [1.29, 1.82) is 0 Å². The number of nitrogens with zero attached hydrogens (tertiary/aromatic N) is 2. The van der Waals surface area contributed by atoms with Gasteiger partial charge in [0.15, 0.2) is 0 Å². The number of anilines is 1. The van der Waals surface area contributed by atoms with Crippen LogP contribution < -0.4 is 5.32 Å². The van der Waals surface area contributed by atoms with E-state index in [4.69, 9.17) is 9.97 Å². The fourth-order valence-electron chi connectivity index (χ4n) is 3.83. The lowest BCUT2D eigenvalue weighted by Gasteiger charge is -2.02. The number of rotatable bonds is 4. The lowest BCUT2D eigenvalue weighted by atomic mass is 10.1. The number of nitrogens with one attached hydrogen (secondary N) is 2. The number of carboxylic acid groups (broad SMARTS) is 1. The predicted octanol–water partition coefficient (Wildman–Crippen LogP) is 5.01. The second-order valence-electron chi connectivity index (χ2n) is 7.48. The van der Waals surface area contributed by atoms with Crippen LogP contribution in [0.4, 0.5) is 5.69 Å². The number of aryl methyl sites for hydroxylation is 1. The van der Waals surface area contributed by atoms with Crippen molar-refractivity contribution in [3.8, 4) is 22.0 Å². The summed E-state index contributed by atoms with van der Waals surface area (Å²) in [4.78, 5) is 36.7. The number of aromatic amines is 1. The van der Waals surface area contributed by atoms with Crippen molar-refractivity contribution in [1.82, 2.24) is 15.0 Å². The summed E-state index contributed by atoms with van der Waals surface area (Å²) in [6.07, 6.45) is 1.66. The van der Waals surface area contributed by atoms with Gasteiger partial charge in [0, 0.05) is 22.3 Å². The van der Waals surface area contributed by atoms with Crippen LogP contribution in [0.2, 0.25) is 0 Å². The first-order chi connectivity index (χ1) is 15.4. The SMILES string of the molecule is Cc1[nH]c(C=C2C(=O)Nc3ccc(-c4csc(-c5ccccc5)n4)nc32)c(C)c1C(=O)O. The number of carbonyl (C=O) groups is 2. The highest BCUT2D eigenvalue weighted by atomic mass is 32.1. The highest BCUT2D eigenvalue weighted by Crippen LogP contribution is 2.35. The Kier molecular flexibility index (Phi) is 4.71. The predicted molar refractivity (Wildman–Crippen MR) is 125 cm³/mol. The molecule has 0 unspecified atom stereocenters. The third-order valence-electron chi connectivity index (χ3n) is 5.41. The summed E-state index contributed by atoms with van der Waals surface area (Å²) in [5.74, 6) is -1.29. The Labute approximate surface area is 187 Å². The number of amides is 1. The van der Waals surface area contributed by atoms with Gasteiger partial charge >= 0.3 is 5.97 Å². The van der Waals surface area contributed by atoms with E-state index in [1.54, 1.807) is 19.9 Å². The van der Waals surface area contributed by atoms with Crippen molar-refractivity contribution in [2.45, 2.75) is 13.8 Å². The Morgan fingerprint density at radius 1 is 1.06 bits per heavy atom. The number of pyridine rings is 1. The largest absolute Gasteiger partial charge is 0.478 e. The molecule has 158 valence electrons. The number of hydrogen-bond acceptors (Lipinski definition) is 5. The molecule has 0 aliphatic carbocycles. The van der Waals surface area contributed by atoms with Crippen LogP contribution in [-0.4, -0.2) is 31.9 Å².